The van der Waals surface area contributed by atoms with Crippen molar-refractivity contribution in [2.24, 2.45) is 11.8 Å². The van der Waals surface area contributed by atoms with Crippen LogP contribution in [0, 0.1) is 11.8 Å². The summed E-state index contributed by atoms with van der Waals surface area (Å²) in [5.74, 6) is 1.56. The standard InChI is InChI=1S/C23H41NOSi/c1-18(21-11-9-8-10-12-21)24-19(2)22-15-13-20(14-16-22)17-25-26(6,7)23(3,4)5/h8-12,18-20,22,24H,13-17H2,1-7H3/t18-,19-,20?,22?/m1/s1. The van der Waals surface area contributed by atoms with Crippen LogP contribution in [0.5, 0.6) is 0 Å². The van der Waals surface area contributed by atoms with Gasteiger partial charge in [-0.3, -0.25) is 0 Å². The monoisotopic (exact) mass is 375 g/mol. The van der Waals surface area contributed by atoms with E-state index in [9.17, 15) is 0 Å². The lowest BCUT2D eigenvalue weighted by Crippen LogP contribution is -2.42. The van der Waals surface area contributed by atoms with Crippen LogP contribution in [0.3, 0.4) is 0 Å². The van der Waals surface area contributed by atoms with E-state index in [0.717, 1.165) is 18.4 Å². The molecule has 1 aliphatic carbocycles. The minimum absolute atomic E-state index is 0.316. The topological polar surface area (TPSA) is 21.3 Å². The molecule has 1 aromatic rings. The third-order valence-electron chi connectivity index (χ3n) is 6.90. The summed E-state index contributed by atoms with van der Waals surface area (Å²) in [6.45, 7) is 17.4. The molecular weight excluding hydrogens is 334 g/mol. The summed E-state index contributed by atoms with van der Waals surface area (Å²) >= 11 is 0. The molecule has 3 heteroatoms. The zero-order valence-electron chi connectivity index (χ0n) is 18.1. The van der Waals surface area contributed by atoms with Crippen molar-refractivity contribution < 1.29 is 4.43 Å². The maximum absolute atomic E-state index is 6.47. The summed E-state index contributed by atoms with van der Waals surface area (Å²) in [5.41, 5.74) is 1.39. The van der Waals surface area contributed by atoms with Gasteiger partial charge in [0.2, 0.25) is 0 Å². The van der Waals surface area contributed by atoms with Gasteiger partial charge in [-0.1, -0.05) is 51.1 Å². The first-order valence-corrected chi connectivity index (χ1v) is 13.5. The van der Waals surface area contributed by atoms with Crippen LogP contribution in [-0.2, 0) is 4.43 Å². The molecule has 1 aromatic carbocycles. The van der Waals surface area contributed by atoms with E-state index in [1.54, 1.807) is 0 Å². The van der Waals surface area contributed by atoms with Crippen LogP contribution in [0.15, 0.2) is 30.3 Å². The summed E-state index contributed by atoms with van der Waals surface area (Å²) in [7, 11) is -1.60. The van der Waals surface area contributed by atoms with Crippen LogP contribution in [0.1, 0.15) is 71.9 Å². The van der Waals surface area contributed by atoms with Gasteiger partial charge in [0.15, 0.2) is 8.32 Å². The van der Waals surface area contributed by atoms with Gasteiger partial charge in [-0.15, -0.1) is 0 Å². The fourth-order valence-electron chi connectivity index (χ4n) is 3.77. The van der Waals surface area contributed by atoms with Crippen molar-refractivity contribution in [2.75, 3.05) is 6.61 Å². The van der Waals surface area contributed by atoms with Crippen LogP contribution in [0.25, 0.3) is 0 Å². The molecule has 0 amide bonds. The average Bonchev–Trinajstić information content (AvgIpc) is 2.60. The van der Waals surface area contributed by atoms with E-state index < -0.39 is 8.32 Å². The molecule has 0 unspecified atom stereocenters. The van der Waals surface area contributed by atoms with Crippen LogP contribution in [-0.4, -0.2) is 21.0 Å². The first-order valence-electron chi connectivity index (χ1n) is 10.5. The highest BCUT2D eigenvalue weighted by atomic mass is 28.4. The van der Waals surface area contributed by atoms with Crippen molar-refractivity contribution in [3.63, 3.8) is 0 Å². The van der Waals surface area contributed by atoms with E-state index in [2.05, 4.69) is 83.4 Å². The van der Waals surface area contributed by atoms with E-state index >= 15 is 0 Å². The van der Waals surface area contributed by atoms with Gasteiger partial charge in [0.1, 0.15) is 0 Å². The summed E-state index contributed by atoms with van der Waals surface area (Å²) in [6, 6.07) is 11.8. The second-order valence-corrected chi connectivity index (χ2v) is 14.7. The Morgan fingerprint density at radius 1 is 1.04 bits per heavy atom. The molecule has 2 rings (SSSR count). The molecule has 0 saturated heterocycles. The number of hydrogen-bond donors (Lipinski definition) is 1. The van der Waals surface area contributed by atoms with Gasteiger partial charge >= 0.3 is 0 Å². The quantitative estimate of drug-likeness (QED) is 0.545. The van der Waals surface area contributed by atoms with E-state index in [-0.39, 0.29) is 0 Å². The highest BCUT2D eigenvalue weighted by Gasteiger charge is 2.38. The Kier molecular flexibility index (Phi) is 7.52. The third kappa shape index (κ3) is 5.93. The first kappa shape index (κ1) is 21.7. The second kappa shape index (κ2) is 9.03. The van der Waals surface area contributed by atoms with Crippen molar-refractivity contribution in [2.45, 2.75) is 90.5 Å². The van der Waals surface area contributed by atoms with E-state index in [4.69, 9.17) is 4.43 Å². The minimum Gasteiger partial charge on any atom is -0.417 e. The average molecular weight is 376 g/mol. The number of benzene rings is 1. The summed E-state index contributed by atoms with van der Waals surface area (Å²) in [5, 5.41) is 4.15. The molecule has 2 nitrogen and oxygen atoms in total. The lowest BCUT2D eigenvalue weighted by atomic mass is 9.79. The van der Waals surface area contributed by atoms with Gasteiger partial charge in [-0.05, 0) is 75.1 Å². The van der Waals surface area contributed by atoms with Crippen LogP contribution >= 0.6 is 0 Å². The maximum atomic E-state index is 6.47. The van der Waals surface area contributed by atoms with Crippen molar-refractivity contribution in [3.05, 3.63) is 35.9 Å². The largest absolute Gasteiger partial charge is 0.417 e. The van der Waals surface area contributed by atoms with Gasteiger partial charge in [0.05, 0.1) is 0 Å². The Bertz CT molecular complexity index is 529. The Morgan fingerprint density at radius 3 is 2.15 bits per heavy atom. The molecule has 1 saturated carbocycles. The van der Waals surface area contributed by atoms with Crippen molar-refractivity contribution in [1.29, 1.82) is 0 Å². The second-order valence-electron chi connectivity index (χ2n) is 9.94. The molecule has 0 heterocycles. The SMILES string of the molecule is C[C@@H](N[C@H](C)C1CCC(CO[Si](C)(C)C(C)(C)C)CC1)c1ccccc1. The van der Waals surface area contributed by atoms with Gasteiger partial charge < -0.3 is 9.74 Å². The molecule has 1 aliphatic rings. The Hall–Kier alpha value is -0.643. The molecule has 26 heavy (non-hydrogen) atoms. The predicted octanol–water partition coefficient (Wildman–Crippen LogP) is 6.55. The van der Waals surface area contributed by atoms with E-state index in [1.165, 1.54) is 31.2 Å². The normalized spacial score (nSPS) is 24.3. The molecule has 1 N–H and O–H groups in total. The maximum Gasteiger partial charge on any atom is 0.191 e. The van der Waals surface area contributed by atoms with Crippen molar-refractivity contribution >= 4 is 8.32 Å². The molecule has 0 radical (unpaired) electrons. The minimum atomic E-state index is -1.60. The smallest absolute Gasteiger partial charge is 0.191 e. The van der Waals surface area contributed by atoms with Gasteiger partial charge in [-0.25, -0.2) is 0 Å². The van der Waals surface area contributed by atoms with Crippen molar-refractivity contribution in [1.82, 2.24) is 5.32 Å². The van der Waals surface area contributed by atoms with Crippen LogP contribution in [0.2, 0.25) is 18.1 Å². The van der Waals surface area contributed by atoms with Crippen molar-refractivity contribution in [3.8, 4) is 0 Å². The Morgan fingerprint density at radius 2 is 1.62 bits per heavy atom. The lowest BCUT2D eigenvalue weighted by molar-refractivity contribution is 0.155. The summed E-state index contributed by atoms with van der Waals surface area (Å²) < 4.78 is 6.47. The molecular formula is C23H41NOSi. The van der Waals surface area contributed by atoms with Gasteiger partial charge in [0.25, 0.3) is 0 Å². The predicted molar refractivity (Wildman–Crippen MR) is 116 cm³/mol. The molecule has 0 spiro atoms. The number of nitrogens with one attached hydrogen (secondary N) is 1. The Balaban J connectivity index is 1.75. The molecule has 0 aromatic heterocycles. The number of rotatable bonds is 7. The highest BCUT2D eigenvalue weighted by molar-refractivity contribution is 6.74. The fraction of sp³-hybridized carbons (Fsp3) is 0.739. The zero-order valence-corrected chi connectivity index (χ0v) is 19.1. The van der Waals surface area contributed by atoms with Gasteiger partial charge in [-0.2, -0.15) is 0 Å². The van der Waals surface area contributed by atoms with Crippen LogP contribution in [0.4, 0.5) is 0 Å². The summed E-state index contributed by atoms with van der Waals surface area (Å²) in [4.78, 5) is 0. The molecule has 1 fully saturated rings. The third-order valence-corrected chi connectivity index (χ3v) is 11.4. The van der Waals surface area contributed by atoms with Crippen LogP contribution < -0.4 is 5.32 Å². The highest BCUT2D eigenvalue weighted by Crippen LogP contribution is 2.38. The molecule has 2 atom stereocenters. The zero-order chi connectivity index (χ0) is 19.4. The van der Waals surface area contributed by atoms with Gasteiger partial charge in [0, 0.05) is 18.7 Å². The van der Waals surface area contributed by atoms with E-state index in [1.807, 2.05) is 0 Å². The lowest BCUT2D eigenvalue weighted by Gasteiger charge is -2.39. The molecule has 0 aliphatic heterocycles. The van der Waals surface area contributed by atoms with E-state index in [0.29, 0.717) is 17.1 Å². The first-order chi connectivity index (χ1) is 12.1. The molecule has 0 bridgehead atoms. The molecule has 148 valence electrons. The Labute approximate surface area is 163 Å². The number of hydrogen-bond acceptors (Lipinski definition) is 2. The summed E-state index contributed by atoms with van der Waals surface area (Å²) in [6.07, 6.45) is 5.32. The fourth-order valence-corrected chi connectivity index (χ4v) is 4.85.